The average molecular weight is 244 g/mol. The lowest BCUT2D eigenvalue weighted by molar-refractivity contribution is 0.258. The topological polar surface area (TPSA) is 43.2 Å². The summed E-state index contributed by atoms with van der Waals surface area (Å²) in [4.78, 5) is 9.09. The highest BCUT2D eigenvalue weighted by atomic mass is 15.3. The normalized spacial score (nSPS) is 16.6. The third-order valence-corrected chi connectivity index (χ3v) is 3.46. The van der Waals surface area contributed by atoms with E-state index in [2.05, 4.69) is 27.8 Å². The Balaban J connectivity index is 2.10. The molecule has 1 saturated heterocycles. The number of nitriles is 1. The van der Waals surface area contributed by atoms with Gasteiger partial charge >= 0.3 is 0 Å². The lowest BCUT2D eigenvalue weighted by Gasteiger charge is -2.35. The fourth-order valence-electron chi connectivity index (χ4n) is 2.42. The molecule has 2 rings (SSSR count). The molecule has 0 bridgehead atoms. The molecule has 0 unspecified atom stereocenters. The van der Waals surface area contributed by atoms with Gasteiger partial charge in [-0.25, -0.2) is 4.98 Å². The average Bonchev–Trinajstić information content (AvgIpc) is 2.40. The molecule has 1 aromatic heterocycles. The molecule has 96 valence electrons. The smallest absolute Gasteiger partial charge is 0.146 e. The molecule has 0 amide bonds. The number of pyridine rings is 1. The highest BCUT2D eigenvalue weighted by molar-refractivity contribution is 5.57. The van der Waals surface area contributed by atoms with Crippen molar-refractivity contribution < 1.29 is 0 Å². The van der Waals surface area contributed by atoms with Crippen molar-refractivity contribution >= 4 is 5.82 Å². The van der Waals surface area contributed by atoms with Gasteiger partial charge in [0.2, 0.25) is 0 Å². The van der Waals surface area contributed by atoms with E-state index in [0.717, 1.165) is 43.1 Å². The van der Waals surface area contributed by atoms with Crippen LogP contribution in [0.2, 0.25) is 0 Å². The van der Waals surface area contributed by atoms with Crippen LogP contribution >= 0.6 is 0 Å². The van der Waals surface area contributed by atoms with E-state index in [1.807, 2.05) is 13.0 Å². The molecule has 0 N–H and O–H groups in total. The van der Waals surface area contributed by atoms with Crippen molar-refractivity contribution in [3.63, 3.8) is 0 Å². The van der Waals surface area contributed by atoms with E-state index in [4.69, 9.17) is 0 Å². The summed E-state index contributed by atoms with van der Waals surface area (Å²) in [6.45, 7) is 9.40. The van der Waals surface area contributed by atoms with Crippen molar-refractivity contribution in [3.8, 4) is 6.07 Å². The number of piperazine rings is 1. The number of hydrogen-bond acceptors (Lipinski definition) is 4. The largest absolute Gasteiger partial charge is 0.353 e. The molecule has 0 spiro atoms. The quantitative estimate of drug-likeness (QED) is 0.813. The van der Waals surface area contributed by atoms with Gasteiger partial charge in [0.05, 0.1) is 5.56 Å². The number of nitrogens with zero attached hydrogens (tertiary/aromatic N) is 4. The molecule has 0 aliphatic carbocycles. The van der Waals surface area contributed by atoms with Crippen LogP contribution in [-0.2, 0) is 0 Å². The van der Waals surface area contributed by atoms with Gasteiger partial charge in [-0.15, -0.1) is 0 Å². The van der Waals surface area contributed by atoms with Gasteiger partial charge in [0.15, 0.2) is 0 Å². The second kappa shape index (κ2) is 5.83. The minimum Gasteiger partial charge on any atom is -0.353 e. The fourth-order valence-corrected chi connectivity index (χ4v) is 2.42. The van der Waals surface area contributed by atoms with Gasteiger partial charge < -0.3 is 4.90 Å². The molecule has 4 nitrogen and oxygen atoms in total. The molecule has 1 aromatic rings. The Morgan fingerprint density at radius 2 is 2.06 bits per heavy atom. The van der Waals surface area contributed by atoms with Gasteiger partial charge in [0.25, 0.3) is 0 Å². The Morgan fingerprint density at radius 1 is 1.33 bits per heavy atom. The van der Waals surface area contributed by atoms with Crippen LogP contribution in [0.1, 0.15) is 24.5 Å². The second-order valence-electron chi connectivity index (χ2n) is 4.77. The Labute approximate surface area is 109 Å². The summed E-state index contributed by atoms with van der Waals surface area (Å²) < 4.78 is 0. The standard InChI is InChI=1S/C14H20N4/c1-3-6-17-7-9-18(10-8-17)14-13(11-15)12(2)4-5-16-14/h4-5H,3,6-10H2,1-2H3. The Morgan fingerprint density at radius 3 is 2.67 bits per heavy atom. The number of aryl methyl sites for hydroxylation is 1. The molecule has 0 atom stereocenters. The molecular formula is C14H20N4. The first-order valence-electron chi connectivity index (χ1n) is 6.59. The van der Waals surface area contributed by atoms with E-state index >= 15 is 0 Å². The lowest BCUT2D eigenvalue weighted by Crippen LogP contribution is -2.47. The van der Waals surface area contributed by atoms with Gasteiger partial charge in [0.1, 0.15) is 11.9 Å². The Hall–Kier alpha value is -1.60. The number of aromatic nitrogens is 1. The van der Waals surface area contributed by atoms with Crippen LogP contribution in [-0.4, -0.2) is 42.6 Å². The number of rotatable bonds is 3. The molecular weight excluding hydrogens is 224 g/mol. The van der Waals surface area contributed by atoms with E-state index < -0.39 is 0 Å². The van der Waals surface area contributed by atoms with Crippen molar-refractivity contribution in [2.75, 3.05) is 37.6 Å². The van der Waals surface area contributed by atoms with Crippen LogP contribution in [0.25, 0.3) is 0 Å². The van der Waals surface area contributed by atoms with Crippen LogP contribution in [0.5, 0.6) is 0 Å². The summed E-state index contributed by atoms with van der Waals surface area (Å²) in [5.41, 5.74) is 1.74. The van der Waals surface area contributed by atoms with Gasteiger partial charge in [0, 0.05) is 32.4 Å². The first-order valence-corrected chi connectivity index (χ1v) is 6.59. The maximum atomic E-state index is 9.24. The molecule has 18 heavy (non-hydrogen) atoms. The zero-order chi connectivity index (χ0) is 13.0. The van der Waals surface area contributed by atoms with E-state index in [9.17, 15) is 5.26 Å². The maximum Gasteiger partial charge on any atom is 0.146 e. The van der Waals surface area contributed by atoms with E-state index in [0.29, 0.717) is 0 Å². The monoisotopic (exact) mass is 244 g/mol. The highest BCUT2D eigenvalue weighted by Crippen LogP contribution is 2.21. The zero-order valence-electron chi connectivity index (χ0n) is 11.2. The molecule has 0 radical (unpaired) electrons. The number of anilines is 1. The van der Waals surface area contributed by atoms with Crippen molar-refractivity contribution in [1.82, 2.24) is 9.88 Å². The Kier molecular flexibility index (Phi) is 4.16. The summed E-state index contributed by atoms with van der Waals surface area (Å²) in [7, 11) is 0. The van der Waals surface area contributed by atoms with Crippen LogP contribution in [0.4, 0.5) is 5.82 Å². The molecule has 4 heteroatoms. The summed E-state index contributed by atoms with van der Waals surface area (Å²) in [5, 5.41) is 9.24. The molecule has 1 aliphatic heterocycles. The minimum absolute atomic E-state index is 0.724. The van der Waals surface area contributed by atoms with E-state index in [1.165, 1.54) is 13.0 Å². The summed E-state index contributed by atoms with van der Waals surface area (Å²) in [6, 6.07) is 4.18. The molecule has 1 fully saturated rings. The van der Waals surface area contributed by atoms with Gasteiger partial charge in [-0.05, 0) is 31.5 Å². The van der Waals surface area contributed by atoms with Gasteiger partial charge in [-0.3, -0.25) is 4.90 Å². The van der Waals surface area contributed by atoms with Crippen LogP contribution in [0, 0.1) is 18.3 Å². The van der Waals surface area contributed by atoms with E-state index in [1.54, 1.807) is 6.20 Å². The van der Waals surface area contributed by atoms with Gasteiger partial charge in [-0.1, -0.05) is 6.92 Å². The van der Waals surface area contributed by atoms with Crippen molar-refractivity contribution in [1.29, 1.82) is 5.26 Å². The highest BCUT2D eigenvalue weighted by Gasteiger charge is 2.20. The van der Waals surface area contributed by atoms with Crippen molar-refractivity contribution in [2.45, 2.75) is 20.3 Å². The third kappa shape index (κ3) is 2.62. The van der Waals surface area contributed by atoms with E-state index in [-0.39, 0.29) is 0 Å². The van der Waals surface area contributed by atoms with Crippen molar-refractivity contribution in [2.24, 2.45) is 0 Å². The van der Waals surface area contributed by atoms with Crippen LogP contribution in [0.15, 0.2) is 12.3 Å². The SMILES string of the molecule is CCCN1CCN(c2nccc(C)c2C#N)CC1. The van der Waals surface area contributed by atoms with Crippen molar-refractivity contribution in [3.05, 3.63) is 23.4 Å². The number of hydrogen-bond donors (Lipinski definition) is 0. The van der Waals surface area contributed by atoms with Crippen LogP contribution < -0.4 is 4.90 Å². The predicted octanol–water partition coefficient (Wildman–Crippen LogP) is 1.79. The maximum absolute atomic E-state index is 9.24. The minimum atomic E-state index is 0.724. The summed E-state index contributed by atoms with van der Waals surface area (Å²) in [6.07, 6.45) is 3.00. The fraction of sp³-hybridized carbons (Fsp3) is 0.571. The first kappa shape index (κ1) is 12.8. The first-order chi connectivity index (χ1) is 8.76. The molecule has 0 saturated carbocycles. The van der Waals surface area contributed by atoms with Gasteiger partial charge in [-0.2, -0.15) is 5.26 Å². The Bertz CT molecular complexity index is 442. The summed E-state index contributed by atoms with van der Waals surface area (Å²) in [5.74, 6) is 0.855. The van der Waals surface area contributed by atoms with Crippen LogP contribution in [0.3, 0.4) is 0 Å². The molecule has 0 aromatic carbocycles. The molecule has 1 aliphatic rings. The summed E-state index contributed by atoms with van der Waals surface area (Å²) >= 11 is 0. The lowest BCUT2D eigenvalue weighted by atomic mass is 10.1. The predicted molar refractivity (Wildman–Crippen MR) is 72.6 cm³/mol. The second-order valence-corrected chi connectivity index (χ2v) is 4.77. The third-order valence-electron chi connectivity index (χ3n) is 3.46. The molecule has 2 heterocycles. The zero-order valence-corrected chi connectivity index (χ0v) is 11.2.